The number of aliphatic imine (C=N–C) groups is 1. The Bertz CT molecular complexity index is 956. The number of hydrogen-bond donors (Lipinski definition) is 1. The number of rotatable bonds is 3. The predicted octanol–water partition coefficient (Wildman–Crippen LogP) is 4.53. The number of pyridine rings is 1. The first-order chi connectivity index (χ1) is 13.6. The third-order valence-corrected chi connectivity index (χ3v) is 3.87. The number of halogens is 6. The van der Waals surface area contributed by atoms with Crippen LogP contribution in [-0.4, -0.2) is 16.3 Å². The number of aromatic nitrogens is 1. The lowest BCUT2D eigenvalue weighted by molar-refractivity contribution is -0.143. The van der Waals surface area contributed by atoms with Gasteiger partial charge < -0.3 is 0 Å². The van der Waals surface area contributed by atoms with Gasteiger partial charge in [0.2, 0.25) is 0 Å². The van der Waals surface area contributed by atoms with Crippen molar-refractivity contribution in [3.05, 3.63) is 71.2 Å². The maximum atomic E-state index is 13.0. The van der Waals surface area contributed by atoms with E-state index < -0.39 is 29.6 Å². The van der Waals surface area contributed by atoms with Gasteiger partial charge >= 0.3 is 12.4 Å². The van der Waals surface area contributed by atoms with Crippen molar-refractivity contribution >= 4 is 11.9 Å². The Balaban J connectivity index is 1.89. The van der Waals surface area contributed by atoms with Crippen LogP contribution in [0.15, 0.2) is 53.8 Å². The molecule has 0 amide bonds. The molecule has 1 N–H and O–H groups in total. The Hall–Kier alpha value is -3.39. The number of benzene rings is 1. The van der Waals surface area contributed by atoms with Crippen LogP contribution in [0.1, 0.15) is 28.6 Å². The molecular weight excluding hydrogens is 400 g/mol. The molecule has 0 spiro atoms. The minimum Gasteiger partial charge on any atom is -0.270 e. The quantitative estimate of drug-likeness (QED) is 0.596. The second-order valence-electron chi connectivity index (χ2n) is 5.91. The number of nitrogens with one attached hydrogen (secondary N) is 1. The van der Waals surface area contributed by atoms with E-state index in [-0.39, 0.29) is 17.2 Å². The zero-order chi connectivity index (χ0) is 21.2. The Morgan fingerprint density at radius 3 is 2.24 bits per heavy atom. The molecule has 2 heterocycles. The SMILES string of the molecule is N#C/C(=C\N1C=NC(c2cc(C(F)(F)F)cc(C(F)(F)F)c2)N1)c1ccccn1. The molecule has 1 unspecified atom stereocenters. The van der Waals surface area contributed by atoms with Gasteiger partial charge in [-0.25, -0.2) is 10.4 Å². The molecule has 0 fully saturated rings. The summed E-state index contributed by atoms with van der Waals surface area (Å²) in [7, 11) is 0. The highest BCUT2D eigenvalue weighted by atomic mass is 19.4. The Morgan fingerprint density at radius 2 is 1.72 bits per heavy atom. The molecule has 0 bridgehead atoms. The molecular formula is C18H11F6N5. The van der Waals surface area contributed by atoms with Crippen LogP contribution >= 0.6 is 0 Å². The Morgan fingerprint density at radius 1 is 1.07 bits per heavy atom. The standard InChI is InChI=1S/C18H11F6N5/c19-17(20,21)13-5-11(6-14(7-13)18(22,23)24)16-27-10-29(28-16)9-12(8-25)15-3-1-2-4-26-15/h1-7,9-10,16,28H/b12-9+. The highest BCUT2D eigenvalue weighted by Gasteiger charge is 2.38. The number of hydrogen-bond acceptors (Lipinski definition) is 5. The van der Waals surface area contributed by atoms with E-state index in [1.807, 2.05) is 6.07 Å². The number of alkyl halides is 6. The van der Waals surface area contributed by atoms with E-state index in [0.717, 1.165) is 6.34 Å². The number of nitriles is 1. The van der Waals surface area contributed by atoms with Crippen LogP contribution < -0.4 is 5.43 Å². The topological polar surface area (TPSA) is 64.3 Å². The summed E-state index contributed by atoms with van der Waals surface area (Å²) in [5, 5.41) is 10.4. The van der Waals surface area contributed by atoms with Crippen molar-refractivity contribution in [3.8, 4) is 6.07 Å². The molecule has 29 heavy (non-hydrogen) atoms. The largest absolute Gasteiger partial charge is 0.416 e. The van der Waals surface area contributed by atoms with Gasteiger partial charge in [-0.2, -0.15) is 31.6 Å². The van der Waals surface area contributed by atoms with E-state index in [1.54, 1.807) is 18.2 Å². The molecule has 5 nitrogen and oxygen atoms in total. The summed E-state index contributed by atoms with van der Waals surface area (Å²) in [5.74, 6) is 0. The second kappa shape index (κ2) is 7.56. The smallest absolute Gasteiger partial charge is 0.270 e. The Labute approximate surface area is 160 Å². The lowest BCUT2D eigenvalue weighted by Crippen LogP contribution is -2.29. The van der Waals surface area contributed by atoms with Gasteiger partial charge in [-0.3, -0.25) is 9.99 Å². The van der Waals surface area contributed by atoms with Crippen LogP contribution in [0, 0.1) is 11.3 Å². The molecule has 0 saturated carbocycles. The third kappa shape index (κ3) is 4.72. The molecule has 1 aromatic carbocycles. The monoisotopic (exact) mass is 411 g/mol. The third-order valence-electron chi connectivity index (χ3n) is 3.87. The molecule has 0 aliphatic carbocycles. The van der Waals surface area contributed by atoms with E-state index in [4.69, 9.17) is 0 Å². The summed E-state index contributed by atoms with van der Waals surface area (Å²) in [6.45, 7) is 0. The molecule has 150 valence electrons. The molecule has 1 aliphatic rings. The lowest BCUT2D eigenvalue weighted by Gasteiger charge is -2.18. The average molecular weight is 411 g/mol. The maximum Gasteiger partial charge on any atom is 0.416 e. The summed E-state index contributed by atoms with van der Waals surface area (Å²) in [6, 6.07) is 8.04. The maximum absolute atomic E-state index is 13.0. The highest BCUT2D eigenvalue weighted by molar-refractivity contribution is 5.76. The van der Waals surface area contributed by atoms with E-state index in [1.165, 1.54) is 17.4 Å². The molecule has 2 aromatic rings. The summed E-state index contributed by atoms with van der Waals surface area (Å²) in [4.78, 5) is 7.90. The van der Waals surface area contributed by atoms with E-state index in [9.17, 15) is 31.6 Å². The fourth-order valence-corrected chi connectivity index (χ4v) is 2.53. The summed E-state index contributed by atoms with van der Waals surface area (Å²) < 4.78 is 78.1. The first-order valence-electron chi connectivity index (χ1n) is 7.98. The van der Waals surface area contributed by atoms with Gasteiger partial charge in [0.1, 0.15) is 18.6 Å². The van der Waals surface area contributed by atoms with Crippen molar-refractivity contribution < 1.29 is 26.3 Å². The van der Waals surface area contributed by atoms with Gasteiger partial charge in [0.15, 0.2) is 0 Å². The van der Waals surface area contributed by atoms with E-state index in [2.05, 4.69) is 15.4 Å². The molecule has 1 aliphatic heterocycles. The van der Waals surface area contributed by atoms with Crippen LogP contribution in [0.4, 0.5) is 26.3 Å². The van der Waals surface area contributed by atoms with Gasteiger partial charge in [0.25, 0.3) is 0 Å². The van der Waals surface area contributed by atoms with Crippen molar-refractivity contribution in [3.63, 3.8) is 0 Å². The predicted molar refractivity (Wildman–Crippen MR) is 90.5 cm³/mol. The van der Waals surface area contributed by atoms with Crippen LogP contribution in [0.25, 0.3) is 5.57 Å². The van der Waals surface area contributed by atoms with Crippen molar-refractivity contribution in [1.29, 1.82) is 5.26 Å². The molecule has 0 saturated heterocycles. The summed E-state index contributed by atoms with van der Waals surface area (Å²) >= 11 is 0. The van der Waals surface area contributed by atoms with Gasteiger partial charge in [-0.05, 0) is 35.9 Å². The minimum atomic E-state index is -4.95. The second-order valence-corrected chi connectivity index (χ2v) is 5.91. The Kier molecular flexibility index (Phi) is 5.30. The fraction of sp³-hybridized carbons (Fsp3) is 0.167. The first kappa shape index (κ1) is 20.3. The van der Waals surface area contributed by atoms with Crippen molar-refractivity contribution in [2.75, 3.05) is 0 Å². The highest BCUT2D eigenvalue weighted by Crippen LogP contribution is 2.38. The zero-order valence-electron chi connectivity index (χ0n) is 14.3. The van der Waals surface area contributed by atoms with Crippen LogP contribution in [0.2, 0.25) is 0 Å². The first-order valence-corrected chi connectivity index (χ1v) is 7.98. The van der Waals surface area contributed by atoms with Crippen molar-refractivity contribution in [2.24, 2.45) is 4.99 Å². The van der Waals surface area contributed by atoms with Crippen LogP contribution in [0.3, 0.4) is 0 Å². The van der Waals surface area contributed by atoms with Crippen LogP contribution in [-0.2, 0) is 12.4 Å². The molecule has 1 aromatic heterocycles. The van der Waals surface area contributed by atoms with Crippen molar-refractivity contribution in [2.45, 2.75) is 18.5 Å². The molecule has 3 rings (SSSR count). The van der Waals surface area contributed by atoms with Crippen molar-refractivity contribution in [1.82, 2.24) is 15.4 Å². The van der Waals surface area contributed by atoms with Gasteiger partial charge in [-0.1, -0.05) is 6.07 Å². The van der Waals surface area contributed by atoms with E-state index in [0.29, 0.717) is 17.8 Å². The lowest BCUT2D eigenvalue weighted by atomic mass is 10.0. The number of allylic oxidation sites excluding steroid dienone is 1. The van der Waals surface area contributed by atoms with Gasteiger partial charge in [0.05, 0.1) is 22.4 Å². The summed E-state index contributed by atoms with van der Waals surface area (Å²) in [5.41, 5.74) is -0.109. The molecule has 11 heteroatoms. The normalized spacial score (nSPS) is 17.5. The van der Waals surface area contributed by atoms with Gasteiger partial charge in [-0.15, -0.1) is 0 Å². The molecule has 0 radical (unpaired) electrons. The summed E-state index contributed by atoms with van der Waals surface area (Å²) in [6.07, 6.45) is -7.20. The average Bonchev–Trinajstić information content (AvgIpc) is 3.14. The zero-order valence-corrected chi connectivity index (χ0v) is 14.3. The minimum absolute atomic E-state index is 0.0503. The molecule has 1 atom stereocenters. The van der Waals surface area contributed by atoms with E-state index >= 15 is 0 Å². The number of nitrogens with zero attached hydrogens (tertiary/aromatic N) is 4. The van der Waals surface area contributed by atoms with Gasteiger partial charge in [0, 0.05) is 12.4 Å². The van der Waals surface area contributed by atoms with Crippen LogP contribution in [0.5, 0.6) is 0 Å². The fourth-order valence-electron chi connectivity index (χ4n) is 2.53. The number of hydrazine groups is 1.